The molecule has 0 radical (unpaired) electrons. The van der Waals surface area contributed by atoms with Crippen molar-refractivity contribution in [1.29, 1.82) is 0 Å². The van der Waals surface area contributed by atoms with Crippen molar-refractivity contribution in [3.63, 3.8) is 0 Å². The summed E-state index contributed by atoms with van der Waals surface area (Å²) in [7, 11) is 3.87. The lowest BCUT2D eigenvalue weighted by Gasteiger charge is -2.10. The Morgan fingerprint density at radius 3 is 1.96 bits per heavy atom. The van der Waals surface area contributed by atoms with Gasteiger partial charge in [0, 0.05) is 30.8 Å². The van der Waals surface area contributed by atoms with Crippen molar-refractivity contribution >= 4 is 11.8 Å². The predicted molar refractivity (Wildman–Crippen MR) is 99.8 cm³/mol. The van der Waals surface area contributed by atoms with Crippen molar-refractivity contribution in [3.8, 4) is 0 Å². The van der Waals surface area contributed by atoms with Crippen molar-refractivity contribution in [1.82, 2.24) is 15.5 Å². The molecule has 0 saturated heterocycles. The van der Waals surface area contributed by atoms with Crippen LogP contribution in [-0.4, -0.2) is 50.4 Å². The van der Waals surface area contributed by atoms with Gasteiger partial charge in [-0.1, -0.05) is 18.2 Å². The first kappa shape index (κ1) is 19.6. The normalized spacial score (nSPS) is 10.6. The van der Waals surface area contributed by atoms with Crippen LogP contribution in [-0.2, 0) is 6.42 Å². The maximum absolute atomic E-state index is 13.5. The molecule has 5 nitrogen and oxygen atoms in total. The summed E-state index contributed by atoms with van der Waals surface area (Å²) in [6, 6.07) is 13.0. The maximum atomic E-state index is 13.5. The van der Waals surface area contributed by atoms with E-state index in [-0.39, 0.29) is 17.6 Å². The highest BCUT2D eigenvalue weighted by atomic mass is 19.1. The Morgan fingerprint density at radius 1 is 0.885 bits per heavy atom. The summed E-state index contributed by atoms with van der Waals surface area (Å²) in [5.41, 5.74) is 1.53. The van der Waals surface area contributed by atoms with E-state index in [4.69, 9.17) is 0 Å². The number of carbonyl (C=O) groups excluding carboxylic acids is 2. The summed E-state index contributed by atoms with van der Waals surface area (Å²) >= 11 is 0. The molecule has 0 unspecified atom stereocenters. The second kappa shape index (κ2) is 9.68. The van der Waals surface area contributed by atoms with Gasteiger partial charge in [-0.25, -0.2) is 4.39 Å². The molecule has 0 aliphatic rings. The predicted octanol–water partition coefficient (Wildman–Crippen LogP) is 2.09. The fraction of sp³-hybridized carbons (Fsp3) is 0.300. The van der Waals surface area contributed by atoms with Crippen LogP contribution in [0.1, 0.15) is 26.3 Å². The van der Waals surface area contributed by atoms with Crippen molar-refractivity contribution in [2.75, 3.05) is 33.7 Å². The minimum absolute atomic E-state index is 0.168. The van der Waals surface area contributed by atoms with E-state index in [1.165, 1.54) is 6.07 Å². The molecular formula is C20H24FN3O2. The average Bonchev–Trinajstić information content (AvgIpc) is 2.63. The number of benzene rings is 2. The van der Waals surface area contributed by atoms with Gasteiger partial charge in [-0.3, -0.25) is 9.59 Å². The number of hydrogen-bond acceptors (Lipinski definition) is 3. The van der Waals surface area contributed by atoms with Crippen LogP contribution in [0.15, 0.2) is 48.5 Å². The molecule has 26 heavy (non-hydrogen) atoms. The van der Waals surface area contributed by atoms with Crippen molar-refractivity contribution in [2.24, 2.45) is 0 Å². The molecule has 0 saturated carbocycles. The highest BCUT2D eigenvalue weighted by Gasteiger charge is 2.09. The van der Waals surface area contributed by atoms with Gasteiger partial charge >= 0.3 is 0 Å². The molecule has 2 N–H and O–H groups in total. The standard InChI is InChI=1S/C20H24FN3O2/c1-24(2)14-13-23-20(26)17-9-7-16(8-10-17)19(25)22-12-11-15-5-3-4-6-18(15)21/h3-10H,11-14H2,1-2H3,(H,22,25)(H,23,26). The van der Waals surface area contributed by atoms with Crippen LogP contribution in [0.5, 0.6) is 0 Å². The Balaban J connectivity index is 1.82. The molecule has 0 aliphatic heterocycles. The van der Waals surface area contributed by atoms with Crippen LogP contribution in [0.25, 0.3) is 0 Å². The highest BCUT2D eigenvalue weighted by molar-refractivity contribution is 5.97. The van der Waals surface area contributed by atoms with Gasteiger partial charge in [0.15, 0.2) is 0 Å². The van der Waals surface area contributed by atoms with Crippen LogP contribution in [0.2, 0.25) is 0 Å². The molecule has 0 bridgehead atoms. The molecular weight excluding hydrogens is 333 g/mol. The van der Waals surface area contributed by atoms with Gasteiger partial charge in [-0.05, 0) is 56.4 Å². The first-order chi connectivity index (χ1) is 12.5. The lowest BCUT2D eigenvalue weighted by Crippen LogP contribution is -2.31. The lowest BCUT2D eigenvalue weighted by molar-refractivity contribution is 0.0940. The Bertz CT molecular complexity index is 745. The van der Waals surface area contributed by atoms with Crippen LogP contribution >= 0.6 is 0 Å². The molecule has 6 heteroatoms. The van der Waals surface area contributed by atoms with Gasteiger partial charge in [-0.15, -0.1) is 0 Å². The largest absolute Gasteiger partial charge is 0.352 e. The second-order valence-corrected chi connectivity index (χ2v) is 6.23. The third-order valence-corrected chi connectivity index (χ3v) is 3.89. The molecule has 2 aromatic rings. The van der Waals surface area contributed by atoms with Crippen LogP contribution in [0, 0.1) is 5.82 Å². The zero-order valence-electron chi connectivity index (χ0n) is 15.1. The van der Waals surface area contributed by atoms with Crippen molar-refractivity contribution in [3.05, 3.63) is 71.0 Å². The Labute approximate surface area is 153 Å². The molecule has 0 aliphatic carbocycles. The van der Waals surface area contributed by atoms with Crippen LogP contribution in [0.3, 0.4) is 0 Å². The van der Waals surface area contributed by atoms with Crippen molar-refractivity contribution < 1.29 is 14.0 Å². The number of rotatable bonds is 8. The number of amides is 2. The molecule has 2 amide bonds. The first-order valence-corrected chi connectivity index (χ1v) is 8.52. The summed E-state index contributed by atoms with van der Waals surface area (Å²) in [5.74, 6) is -0.689. The highest BCUT2D eigenvalue weighted by Crippen LogP contribution is 2.07. The summed E-state index contributed by atoms with van der Waals surface area (Å²) < 4.78 is 13.5. The van der Waals surface area contributed by atoms with E-state index in [1.54, 1.807) is 42.5 Å². The van der Waals surface area contributed by atoms with Gasteiger partial charge in [0.2, 0.25) is 0 Å². The maximum Gasteiger partial charge on any atom is 0.251 e. The fourth-order valence-corrected chi connectivity index (χ4v) is 2.38. The minimum Gasteiger partial charge on any atom is -0.352 e. The molecule has 2 rings (SSSR count). The number of nitrogens with one attached hydrogen (secondary N) is 2. The van der Waals surface area contributed by atoms with Crippen LogP contribution in [0.4, 0.5) is 4.39 Å². The van der Waals surface area contributed by atoms with Gasteiger partial charge in [0.25, 0.3) is 11.8 Å². The van der Waals surface area contributed by atoms with Gasteiger partial charge < -0.3 is 15.5 Å². The molecule has 0 fully saturated rings. The zero-order valence-corrected chi connectivity index (χ0v) is 15.1. The minimum atomic E-state index is -0.272. The van der Waals surface area contributed by atoms with Crippen molar-refractivity contribution in [2.45, 2.75) is 6.42 Å². The molecule has 0 aromatic heterocycles. The van der Waals surface area contributed by atoms with E-state index >= 15 is 0 Å². The summed E-state index contributed by atoms with van der Waals surface area (Å²) in [5, 5.41) is 5.58. The number of hydrogen-bond donors (Lipinski definition) is 2. The summed E-state index contributed by atoms with van der Waals surface area (Å²) in [6.07, 6.45) is 0.421. The zero-order chi connectivity index (χ0) is 18.9. The Hall–Kier alpha value is -2.73. The third kappa shape index (κ3) is 5.97. The van der Waals surface area contributed by atoms with E-state index in [1.807, 2.05) is 19.0 Å². The molecule has 2 aromatic carbocycles. The van der Waals surface area contributed by atoms with E-state index < -0.39 is 0 Å². The quantitative estimate of drug-likeness (QED) is 0.761. The monoisotopic (exact) mass is 357 g/mol. The van der Waals surface area contributed by atoms with Crippen LogP contribution < -0.4 is 10.6 Å². The van der Waals surface area contributed by atoms with E-state index in [0.29, 0.717) is 36.2 Å². The van der Waals surface area contributed by atoms with E-state index in [0.717, 1.165) is 6.54 Å². The lowest BCUT2D eigenvalue weighted by atomic mass is 10.1. The Morgan fingerprint density at radius 2 is 1.42 bits per heavy atom. The topological polar surface area (TPSA) is 61.4 Å². The molecule has 0 atom stereocenters. The molecule has 0 heterocycles. The van der Waals surface area contributed by atoms with E-state index in [9.17, 15) is 14.0 Å². The SMILES string of the molecule is CN(C)CCNC(=O)c1ccc(C(=O)NCCc2ccccc2F)cc1. The first-order valence-electron chi connectivity index (χ1n) is 8.52. The number of halogens is 1. The van der Waals surface area contributed by atoms with Gasteiger partial charge in [0.1, 0.15) is 5.82 Å². The number of likely N-dealkylation sites (N-methyl/N-ethyl adjacent to an activating group) is 1. The smallest absolute Gasteiger partial charge is 0.251 e. The average molecular weight is 357 g/mol. The fourth-order valence-electron chi connectivity index (χ4n) is 2.38. The van der Waals surface area contributed by atoms with E-state index in [2.05, 4.69) is 10.6 Å². The summed E-state index contributed by atoms with van der Waals surface area (Å²) in [4.78, 5) is 26.1. The second-order valence-electron chi connectivity index (χ2n) is 6.23. The number of nitrogens with zero attached hydrogens (tertiary/aromatic N) is 1. The Kier molecular flexibility index (Phi) is 7.29. The summed E-state index contributed by atoms with van der Waals surface area (Å²) in [6.45, 7) is 1.66. The van der Waals surface area contributed by atoms with Gasteiger partial charge in [-0.2, -0.15) is 0 Å². The third-order valence-electron chi connectivity index (χ3n) is 3.89. The van der Waals surface area contributed by atoms with Gasteiger partial charge in [0.05, 0.1) is 0 Å². The molecule has 138 valence electrons. The molecule has 0 spiro atoms. The number of carbonyl (C=O) groups is 2.